The van der Waals surface area contributed by atoms with Gasteiger partial charge in [0.15, 0.2) is 46.5 Å². The number of halogens is 10. The number of hydrogen-bond donors (Lipinski definition) is 0. The third-order valence-corrected chi connectivity index (χ3v) is 11.0. The highest BCUT2D eigenvalue weighted by Crippen LogP contribution is 2.49. The molecule has 2 atom stereocenters. The van der Waals surface area contributed by atoms with Crippen LogP contribution in [0, 0.1) is 64.1 Å². The molecule has 1 aliphatic carbocycles. The maximum absolute atomic E-state index is 16.0. The van der Waals surface area contributed by atoms with Crippen LogP contribution in [-0.2, 0) is 0 Å². The average molecular weight is 851 g/mol. The van der Waals surface area contributed by atoms with Crippen molar-refractivity contribution in [1.29, 1.82) is 0 Å². The fourth-order valence-electron chi connectivity index (χ4n) is 7.88. The highest BCUT2D eigenvalue weighted by Gasteiger charge is 2.37. The smallest absolute Gasteiger partial charge is 0.200 e. The van der Waals surface area contributed by atoms with Gasteiger partial charge in [-0.3, -0.25) is 0 Å². The number of rotatable bonds is 9. The number of anilines is 5. The molecule has 312 valence electrons. The molecule has 0 spiro atoms. The summed E-state index contributed by atoms with van der Waals surface area (Å²) >= 11 is 0. The first kappa shape index (κ1) is 41.6. The second-order valence-corrected chi connectivity index (χ2v) is 14.5. The molecule has 1 aliphatic rings. The summed E-state index contributed by atoms with van der Waals surface area (Å²) in [6, 6.07) is 36.6. The van der Waals surface area contributed by atoms with Gasteiger partial charge in [-0.1, -0.05) is 122 Å². The third kappa shape index (κ3) is 7.39. The van der Waals surface area contributed by atoms with Crippen molar-refractivity contribution in [3.05, 3.63) is 221 Å². The van der Waals surface area contributed by atoms with Crippen molar-refractivity contribution < 1.29 is 43.9 Å². The summed E-state index contributed by atoms with van der Waals surface area (Å²) < 4.78 is 153. The molecule has 2 nitrogen and oxygen atoms in total. The van der Waals surface area contributed by atoms with E-state index in [1.54, 1.807) is 73.7 Å². The molecule has 0 saturated heterocycles. The van der Waals surface area contributed by atoms with E-state index in [2.05, 4.69) is 0 Å². The van der Waals surface area contributed by atoms with Crippen LogP contribution < -0.4 is 9.80 Å². The van der Waals surface area contributed by atoms with E-state index in [0.29, 0.717) is 11.1 Å². The largest absolute Gasteiger partial charge is 0.309 e. The van der Waals surface area contributed by atoms with Crippen LogP contribution in [0.2, 0.25) is 0 Å². The zero-order valence-corrected chi connectivity index (χ0v) is 32.5. The standard InChI is InChI=1S/C50H32F10N2/c1-28-35(16-8-10-18-37(28)61(49-45(57)41(53)39(51)42(54)46(49)58)33-24-20-31(21-25-33)29-12-4-2-5-13-29)36-17-9-11-19-38(36)62(50-47(59)43(55)40(52)44(56)48(50)60)34-26-22-32(23-27-34)30-14-6-3-7-15-30/h2-15,17-28,35H,16H2,1H3. The van der Waals surface area contributed by atoms with Gasteiger partial charge in [-0.15, -0.1) is 0 Å². The Morgan fingerprint density at radius 3 is 1.24 bits per heavy atom. The number of para-hydroxylation sites is 1. The van der Waals surface area contributed by atoms with Crippen LogP contribution in [0.1, 0.15) is 24.8 Å². The lowest BCUT2D eigenvalue weighted by Gasteiger charge is -2.36. The molecule has 7 aromatic carbocycles. The van der Waals surface area contributed by atoms with Crippen LogP contribution in [0.5, 0.6) is 0 Å². The van der Waals surface area contributed by atoms with Crippen LogP contribution in [0.15, 0.2) is 157 Å². The van der Waals surface area contributed by atoms with Gasteiger partial charge in [-0.05, 0) is 76.6 Å². The molecular weight excluding hydrogens is 819 g/mol. The normalized spacial score (nSPS) is 15.0. The minimum absolute atomic E-state index is 0.00876. The molecule has 0 N–H and O–H groups in total. The van der Waals surface area contributed by atoms with Crippen molar-refractivity contribution in [1.82, 2.24) is 0 Å². The van der Waals surface area contributed by atoms with Crippen LogP contribution in [0.25, 0.3) is 22.3 Å². The Hall–Kier alpha value is -7.08. The van der Waals surface area contributed by atoms with Crippen molar-refractivity contribution in [2.24, 2.45) is 5.92 Å². The van der Waals surface area contributed by atoms with Crippen molar-refractivity contribution in [3.63, 3.8) is 0 Å². The molecule has 0 fully saturated rings. The van der Waals surface area contributed by atoms with Gasteiger partial charge in [0.05, 0.1) is 0 Å². The predicted molar refractivity (Wildman–Crippen MR) is 220 cm³/mol. The average Bonchev–Trinajstić information content (AvgIpc) is 3.50. The van der Waals surface area contributed by atoms with Crippen LogP contribution in [-0.4, -0.2) is 0 Å². The molecule has 0 amide bonds. The lowest BCUT2D eigenvalue weighted by molar-refractivity contribution is 0.379. The Morgan fingerprint density at radius 1 is 0.403 bits per heavy atom. The van der Waals surface area contributed by atoms with Gasteiger partial charge in [0.2, 0.25) is 11.6 Å². The number of allylic oxidation sites excluding steroid dienone is 4. The lowest BCUT2D eigenvalue weighted by atomic mass is 9.81. The first-order valence-corrected chi connectivity index (χ1v) is 19.3. The molecule has 0 radical (unpaired) electrons. The van der Waals surface area contributed by atoms with Gasteiger partial charge in [-0.2, -0.15) is 0 Å². The topological polar surface area (TPSA) is 6.48 Å². The summed E-state index contributed by atoms with van der Waals surface area (Å²) in [7, 11) is 0. The molecule has 0 bridgehead atoms. The van der Waals surface area contributed by atoms with Gasteiger partial charge in [0.25, 0.3) is 0 Å². The number of hydrogen-bond acceptors (Lipinski definition) is 2. The van der Waals surface area contributed by atoms with Gasteiger partial charge >= 0.3 is 0 Å². The van der Waals surface area contributed by atoms with E-state index >= 15 is 35.1 Å². The highest BCUT2D eigenvalue weighted by molar-refractivity contribution is 5.82. The minimum Gasteiger partial charge on any atom is -0.309 e. The molecule has 0 saturated carbocycles. The molecule has 0 aliphatic heterocycles. The molecule has 2 unspecified atom stereocenters. The second-order valence-electron chi connectivity index (χ2n) is 14.5. The van der Waals surface area contributed by atoms with E-state index in [9.17, 15) is 8.78 Å². The van der Waals surface area contributed by atoms with E-state index in [1.165, 1.54) is 48.6 Å². The SMILES string of the molecule is CC1C(N(c2ccc(-c3ccccc3)cc2)c2c(F)c(F)c(F)c(F)c2F)=CC=CCC1c1ccccc1N(c1ccc(-c2ccccc2)cc1)c1c(F)c(F)c(F)c(F)c1F. The molecule has 0 aromatic heterocycles. The van der Waals surface area contributed by atoms with E-state index in [1.807, 2.05) is 36.4 Å². The first-order chi connectivity index (χ1) is 29.9. The van der Waals surface area contributed by atoms with E-state index in [-0.39, 0.29) is 34.7 Å². The Balaban J connectivity index is 1.30. The first-order valence-electron chi connectivity index (χ1n) is 19.3. The molecule has 12 heteroatoms. The molecule has 62 heavy (non-hydrogen) atoms. The summed E-state index contributed by atoms with van der Waals surface area (Å²) in [5.41, 5.74) is 0.758. The molecule has 8 rings (SSSR count). The lowest BCUT2D eigenvalue weighted by Crippen LogP contribution is -2.28. The van der Waals surface area contributed by atoms with Crippen molar-refractivity contribution in [3.8, 4) is 22.3 Å². The monoisotopic (exact) mass is 850 g/mol. The van der Waals surface area contributed by atoms with E-state index < -0.39 is 81.4 Å². The Morgan fingerprint density at radius 2 is 0.774 bits per heavy atom. The summed E-state index contributed by atoms with van der Waals surface area (Å²) in [6.45, 7) is 1.63. The van der Waals surface area contributed by atoms with Crippen LogP contribution >= 0.6 is 0 Å². The predicted octanol–water partition coefficient (Wildman–Crippen LogP) is 15.3. The van der Waals surface area contributed by atoms with Gasteiger partial charge in [-0.25, -0.2) is 43.9 Å². The van der Waals surface area contributed by atoms with Crippen molar-refractivity contribution in [2.75, 3.05) is 9.80 Å². The Labute approximate surface area is 349 Å². The molecule has 7 aromatic rings. The fraction of sp³-hybridized carbons (Fsp3) is 0.0800. The van der Waals surface area contributed by atoms with E-state index in [4.69, 9.17) is 0 Å². The van der Waals surface area contributed by atoms with Gasteiger partial charge in [0, 0.05) is 28.7 Å². The van der Waals surface area contributed by atoms with Crippen molar-refractivity contribution in [2.45, 2.75) is 19.3 Å². The maximum Gasteiger partial charge on any atom is 0.200 e. The number of nitrogens with zero attached hydrogens (tertiary/aromatic N) is 2. The number of benzene rings is 7. The van der Waals surface area contributed by atoms with Gasteiger partial charge in [0.1, 0.15) is 11.4 Å². The summed E-state index contributed by atoms with van der Waals surface area (Å²) in [5.74, 6) is -23.5. The molecule has 0 heterocycles. The minimum atomic E-state index is -2.35. The van der Waals surface area contributed by atoms with E-state index in [0.717, 1.165) is 20.9 Å². The summed E-state index contributed by atoms with van der Waals surface area (Å²) in [4.78, 5) is 1.85. The fourth-order valence-corrected chi connectivity index (χ4v) is 7.88. The second kappa shape index (κ2) is 17.1. The summed E-state index contributed by atoms with van der Waals surface area (Å²) in [5, 5.41) is 0. The third-order valence-electron chi connectivity index (χ3n) is 11.0. The zero-order valence-electron chi connectivity index (χ0n) is 32.5. The summed E-state index contributed by atoms with van der Waals surface area (Å²) in [6.07, 6.45) is 4.81. The quantitative estimate of drug-likeness (QED) is 0.0811. The Kier molecular flexibility index (Phi) is 11.5. The highest BCUT2D eigenvalue weighted by atomic mass is 19.2. The zero-order chi connectivity index (χ0) is 43.8. The van der Waals surface area contributed by atoms with Crippen molar-refractivity contribution >= 4 is 28.4 Å². The van der Waals surface area contributed by atoms with Crippen LogP contribution in [0.4, 0.5) is 72.3 Å². The van der Waals surface area contributed by atoms with Gasteiger partial charge < -0.3 is 9.80 Å². The van der Waals surface area contributed by atoms with Crippen LogP contribution in [0.3, 0.4) is 0 Å². The Bertz CT molecular complexity index is 2790. The maximum atomic E-state index is 16.0. The molecular formula is C50H32F10N2.